The summed E-state index contributed by atoms with van der Waals surface area (Å²) in [4.78, 5) is 14.8. The molecule has 1 fully saturated rings. The first-order valence-corrected chi connectivity index (χ1v) is 10.3. The van der Waals surface area contributed by atoms with E-state index in [-0.39, 0.29) is 29.1 Å². The van der Waals surface area contributed by atoms with Gasteiger partial charge in [-0.15, -0.1) is 0 Å². The second-order valence-corrected chi connectivity index (χ2v) is 8.40. The number of sulfonamides is 1. The molecule has 1 aromatic rings. The van der Waals surface area contributed by atoms with Crippen molar-refractivity contribution in [3.8, 4) is 11.5 Å². The summed E-state index contributed by atoms with van der Waals surface area (Å²) >= 11 is 0. The van der Waals surface area contributed by atoms with E-state index < -0.39 is 10.0 Å². The van der Waals surface area contributed by atoms with Crippen LogP contribution in [0.25, 0.3) is 0 Å². The second kappa shape index (κ2) is 8.13. The summed E-state index contributed by atoms with van der Waals surface area (Å²) in [6.07, 6.45) is 2.79. The number of likely N-dealkylation sites (tertiary alicyclic amines) is 1. The van der Waals surface area contributed by atoms with Crippen molar-refractivity contribution < 1.29 is 22.7 Å². The first-order chi connectivity index (χ1) is 12.2. The summed E-state index contributed by atoms with van der Waals surface area (Å²) in [6, 6.07) is 2.99. The van der Waals surface area contributed by atoms with Crippen molar-refractivity contribution in [2.75, 3.05) is 38.3 Å². The van der Waals surface area contributed by atoms with Crippen LogP contribution in [0.3, 0.4) is 0 Å². The molecule has 2 rings (SSSR count). The molecule has 2 atom stereocenters. The van der Waals surface area contributed by atoms with Crippen molar-refractivity contribution in [3.05, 3.63) is 17.7 Å². The van der Waals surface area contributed by atoms with Gasteiger partial charge in [0.05, 0.1) is 26.2 Å². The minimum atomic E-state index is -3.56. The summed E-state index contributed by atoms with van der Waals surface area (Å²) in [6.45, 7) is 3.15. The lowest BCUT2D eigenvalue weighted by atomic mass is 9.92. The molecule has 26 heavy (non-hydrogen) atoms. The van der Waals surface area contributed by atoms with Crippen LogP contribution in [0.4, 0.5) is 5.69 Å². The highest BCUT2D eigenvalue weighted by Crippen LogP contribution is 2.38. The van der Waals surface area contributed by atoms with Crippen LogP contribution in [0.1, 0.15) is 30.1 Å². The lowest BCUT2D eigenvalue weighted by molar-refractivity contribution is 0.0573. The number of carbonyl (C=O) groups is 1. The summed E-state index contributed by atoms with van der Waals surface area (Å²) < 4.78 is 36.2. The third-order valence-corrected chi connectivity index (χ3v) is 5.12. The summed E-state index contributed by atoms with van der Waals surface area (Å²) in [5, 5.41) is 0. The average molecular weight is 385 g/mol. The third-order valence-electron chi connectivity index (χ3n) is 4.53. The maximum atomic E-state index is 13.1. The zero-order chi connectivity index (χ0) is 19.5. The SMILES string of the molecule is COc1cc(C(=O)N2CCC(C)CC2CN)cc(NS(C)(=O)=O)c1OC. The van der Waals surface area contributed by atoms with E-state index in [0.717, 1.165) is 19.1 Å². The molecule has 1 saturated heterocycles. The predicted octanol–water partition coefficient (Wildman–Crippen LogP) is 1.27. The van der Waals surface area contributed by atoms with Crippen LogP contribution in [0.15, 0.2) is 12.1 Å². The van der Waals surface area contributed by atoms with Gasteiger partial charge in [-0.05, 0) is 30.9 Å². The number of nitrogens with one attached hydrogen (secondary N) is 1. The van der Waals surface area contributed by atoms with Crippen LogP contribution >= 0.6 is 0 Å². The van der Waals surface area contributed by atoms with Gasteiger partial charge < -0.3 is 20.1 Å². The maximum Gasteiger partial charge on any atom is 0.254 e. The third kappa shape index (κ3) is 4.59. The van der Waals surface area contributed by atoms with Gasteiger partial charge in [0.2, 0.25) is 10.0 Å². The molecule has 0 aliphatic carbocycles. The number of nitrogens with two attached hydrogens (primary N) is 1. The van der Waals surface area contributed by atoms with Crippen molar-refractivity contribution in [2.45, 2.75) is 25.8 Å². The fourth-order valence-corrected chi connectivity index (χ4v) is 3.82. The molecule has 1 aromatic carbocycles. The molecule has 3 N–H and O–H groups in total. The number of nitrogens with zero attached hydrogens (tertiary/aromatic N) is 1. The van der Waals surface area contributed by atoms with Crippen LogP contribution in [0, 0.1) is 5.92 Å². The molecular weight excluding hydrogens is 358 g/mol. The van der Waals surface area contributed by atoms with E-state index in [1.54, 1.807) is 11.0 Å². The van der Waals surface area contributed by atoms with Crippen molar-refractivity contribution >= 4 is 21.6 Å². The van der Waals surface area contributed by atoms with Gasteiger partial charge in [0.25, 0.3) is 5.91 Å². The summed E-state index contributed by atoms with van der Waals surface area (Å²) in [7, 11) is -0.717. The number of carbonyl (C=O) groups excluding carboxylic acids is 1. The standard InChI is InChI=1S/C17H27N3O5S/c1-11-5-6-20(13(7-11)10-18)17(21)12-8-14(19-26(4,22)23)16(25-3)15(9-12)24-2/h8-9,11,13,19H,5-7,10,18H2,1-4H3. The number of benzene rings is 1. The molecule has 1 aliphatic rings. The van der Waals surface area contributed by atoms with Gasteiger partial charge in [-0.25, -0.2) is 8.42 Å². The molecule has 0 spiro atoms. The van der Waals surface area contributed by atoms with Crippen LogP contribution < -0.4 is 19.9 Å². The molecule has 0 saturated carbocycles. The highest BCUT2D eigenvalue weighted by atomic mass is 32.2. The molecule has 0 radical (unpaired) electrons. The Bertz CT molecular complexity index is 766. The minimum absolute atomic E-state index is 0.0364. The smallest absolute Gasteiger partial charge is 0.254 e. The molecule has 1 heterocycles. The molecule has 0 bridgehead atoms. The van der Waals surface area contributed by atoms with E-state index in [4.69, 9.17) is 15.2 Å². The number of piperidine rings is 1. The quantitative estimate of drug-likeness (QED) is 0.763. The van der Waals surface area contributed by atoms with Crippen molar-refractivity contribution in [3.63, 3.8) is 0 Å². The Hall–Kier alpha value is -2.00. The van der Waals surface area contributed by atoms with Crippen LogP contribution in [-0.2, 0) is 10.0 Å². The second-order valence-electron chi connectivity index (χ2n) is 6.65. The Morgan fingerprint density at radius 2 is 2.04 bits per heavy atom. The van der Waals surface area contributed by atoms with Crippen molar-refractivity contribution in [1.82, 2.24) is 4.90 Å². The topological polar surface area (TPSA) is 111 Å². The Morgan fingerprint density at radius 1 is 1.35 bits per heavy atom. The normalized spacial score (nSPS) is 20.6. The highest BCUT2D eigenvalue weighted by molar-refractivity contribution is 7.92. The van der Waals surface area contributed by atoms with Crippen LogP contribution in [-0.4, -0.2) is 58.8 Å². The Balaban J connectivity index is 2.44. The minimum Gasteiger partial charge on any atom is -0.493 e. The van der Waals surface area contributed by atoms with Crippen LogP contribution in [0.5, 0.6) is 11.5 Å². The molecule has 9 heteroatoms. The van der Waals surface area contributed by atoms with E-state index in [0.29, 0.717) is 24.6 Å². The van der Waals surface area contributed by atoms with Gasteiger partial charge in [-0.1, -0.05) is 6.92 Å². The first-order valence-electron chi connectivity index (χ1n) is 8.45. The predicted molar refractivity (Wildman–Crippen MR) is 100 cm³/mol. The molecule has 8 nitrogen and oxygen atoms in total. The summed E-state index contributed by atoms with van der Waals surface area (Å²) in [5.74, 6) is 0.807. The van der Waals surface area contributed by atoms with E-state index in [1.807, 2.05) is 0 Å². The van der Waals surface area contributed by atoms with Gasteiger partial charge >= 0.3 is 0 Å². The molecule has 2 unspecified atom stereocenters. The molecule has 1 amide bonds. The van der Waals surface area contributed by atoms with Gasteiger partial charge in [-0.2, -0.15) is 0 Å². The lowest BCUT2D eigenvalue weighted by Crippen LogP contribution is -2.49. The number of methoxy groups -OCH3 is 2. The maximum absolute atomic E-state index is 13.1. The highest BCUT2D eigenvalue weighted by Gasteiger charge is 2.30. The van der Waals surface area contributed by atoms with E-state index in [1.165, 1.54) is 20.3 Å². The van der Waals surface area contributed by atoms with Gasteiger partial charge in [0.15, 0.2) is 11.5 Å². The number of rotatable bonds is 6. The van der Waals surface area contributed by atoms with Gasteiger partial charge in [0.1, 0.15) is 0 Å². The molecule has 0 aromatic heterocycles. The first kappa shape index (κ1) is 20.3. The Morgan fingerprint density at radius 3 is 2.58 bits per heavy atom. The monoisotopic (exact) mass is 385 g/mol. The van der Waals surface area contributed by atoms with Gasteiger partial charge in [-0.3, -0.25) is 9.52 Å². The number of ether oxygens (including phenoxy) is 2. The van der Waals surface area contributed by atoms with Crippen molar-refractivity contribution in [2.24, 2.45) is 11.7 Å². The molecular formula is C17H27N3O5S. The fraction of sp³-hybridized carbons (Fsp3) is 0.588. The Kier molecular flexibility index (Phi) is 6.35. The number of hydrogen-bond donors (Lipinski definition) is 2. The number of hydrogen-bond acceptors (Lipinski definition) is 6. The number of anilines is 1. The largest absolute Gasteiger partial charge is 0.493 e. The van der Waals surface area contributed by atoms with E-state index >= 15 is 0 Å². The fourth-order valence-electron chi connectivity index (χ4n) is 3.27. The van der Waals surface area contributed by atoms with Crippen molar-refractivity contribution in [1.29, 1.82) is 0 Å². The van der Waals surface area contributed by atoms with Gasteiger partial charge in [0, 0.05) is 24.7 Å². The van der Waals surface area contributed by atoms with E-state index in [9.17, 15) is 13.2 Å². The summed E-state index contributed by atoms with van der Waals surface area (Å²) in [5.41, 5.74) is 6.34. The Labute approximate surface area is 154 Å². The van der Waals surface area contributed by atoms with Crippen LogP contribution in [0.2, 0.25) is 0 Å². The zero-order valence-corrected chi connectivity index (χ0v) is 16.4. The zero-order valence-electron chi connectivity index (χ0n) is 15.6. The van der Waals surface area contributed by atoms with E-state index in [2.05, 4.69) is 11.6 Å². The lowest BCUT2D eigenvalue weighted by Gasteiger charge is -2.38. The molecule has 1 aliphatic heterocycles. The molecule has 146 valence electrons. The average Bonchev–Trinajstić information content (AvgIpc) is 2.58. The number of amides is 1.